The molecule has 2 aromatic rings. The lowest BCUT2D eigenvalue weighted by atomic mass is 9.84. The van der Waals surface area contributed by atoms with Crippen molar-refractivity contribution in [2.75, 3.05) is 6.61 Å². The smallest absolute Gasteiger partial charge is 0.408 e. The van der Waals surface area contributed by atoms with Crippen molar-refractivity contribution in [3.05, 3.63) is 71.3 Å². The number of ketones is 1. The van der Waals surface area contributed by atoms with Crippen LogP contribution in [0, 0.1) is 0 Å². The first-order chi connectivity index (χ1) is 16.2. The van der Waals surface area contributed by atoms with Crippen molar-refractivity contribution in [2.24, 2.45) is 0 Å². The highest BCUT2D eigenvalue weighted by molar-refractivity contribution is 5.98. The summed E-state index contributed by atoms with van der Waals surface area (Å²) in [5.74, 6) is -0.394. The van der Waals surface area contributed by atoms with Crippen LogP contribution in [-0.4, -0.2) is 36.1 Å². The lowest BCUT2D eigenvalue weighted by molar-refractivity contribution is -0.145. The van der Waals surface area contributed by atoms with Crippen LogP contribution in [0.2, 0.25) is 0 Å². The highest BCUT2D eigenvalue weighted by atomic mass is 16.6. The van der Waals surface area contributed by atoms with E-state index < -0.39 is 23.7 Å². The highest BCUT2D eigenvalue weighted by Gasteiger charge is 2.26. The Hall–Kier alpha value is -3.15. The van der Waals surface area contributed by atoms with Crippen LogP contribution in [0.1, 0.15) is 80.3 Å². The SMILES string of the molecule is CC(C)(C)OC(=O)N[C@@H](Cc1ccccc1)C(=O)OCC(=O)c1ccc(C2CCCCC2)cc1. The molecule has 182 valence electrons. The van der Waals surface area contributed by atoms with Crippen LogP contribution in [0.4, 0.5) is 4.79 Å². The molecule has 6 nitrogen and oxygen atoms in total. The minimum Gasteiger partial charge on any atom is -0.456 e. The van der Waals surface area contributed by atoms with E-state index in [-0.39, 0.29) is 18.8 Å². The number of nitrogens with one attached hydrogen (secondary N) is 1. The van der Waals surface area contributed by atoms with Gasteiger partial charge >= 0.3 is 12.1 Å². The second kappa shape index (κ2) is 11.8. The molecule has 1 saturated carbocycles. The van der Waals surface area contributed by atoms with E-state index in [9.17, 15) is 14.4 Å². The van der Waals surface area contributed by atoms with Crippen molar-refractivity contribution >= 4 is 17.8 Å². The van der Waals surface area contributed by atoms with Gasteiger partial charge in [-0.05, 0) is 50.7 Å². The van der Waals surface area contributed by atoms with E-state index in [0.717, 1.165) is 5.56 Å². The molecule has 1 atom stereocenters. The summed E-state index contributed by atoms with van der Waals surface area (Å²) in [7, 11) is 0. The quantitative estimate of drug-likeness (QED) is 0.406. The van der Waals surface area contributed by atoms with Crippen LogP contribution >= 0.6 is 0 Å². The number of carbonyl (C=O) groups is 3. The lowest BCUT2D eigenvalue weighted by Gasteiger charge is -2.23. The molecule has 0 radical (unpaired) electrons. The molecule has 0 unspecified atom stereocenters. The first kappa shape index (κ1) is 25.5. The van der Waals surface area contributed by atoms with E-state index in [2.05, 4.69) is 5.32 Å². The first-order valence-corrected chi connectivity index (χ1v) is 12.0. The molecule has 0 bridgehead atoms. The van der Waals surface area contributed by atoms with Gasteiger partial charge in [0.15, 0.2) is 12.4 Å². The van der Waals surface area contributed by atoms with E-state index in [1.165, 1.54) is 37.7 Å². The van der Waals surface area contributed by atoms with Gasteiger partial charge in [-0.3, -0.25) is 4.79 Å². The summed E-state index contributed by atoms with van der Waals surface area (Å²) in [5, 5.41) is 2.58. The van der Waals surface area contributed by atoms with Gasteiger partial charge in [-0.2, -0.15) is 0 Å². The average Bonchev–Trinajstić information content (AvgIpc) is 2.82. The van der Waals surface area contributed by atoms with Crippen LogP contribution in [0.25, 0.3) is 0 Å². The first-order valence-electron chi connectivity index (χ1n) is 12.0. The van der Waals surface area contributed by atoms with E-state index in [1.54, 1.807) is 32.9 Å². The number of carbonyl (C=O) groups excluding carboxylic acids is 3. The van der Waals surface area contributed by atoms with Gasteiger partial charge in [0, 0.05) is 12.0 Å². The molecule has 1 aliphatic carbocycles. The van der Waals surface area contributed by atoms with Gasteiger partial charge in [0.25, 0.3) is 0 Å². The molecule has 6 heteroatoms. The summed E-state index contributed by atoms with van der Waals surface area (Å²) in [6, 6.07) is 15.9. The molecule has 1 fully saturated rings. The number of benzene rings is 2. The molecule has 0 heterocycles. The zero-order valence-electron chi connectivity index (χ0n) is 20.3. The van der Waals surface area contributed by atoms with Crippen LogP contribution < -0.4 is 5.32 Å². The summed E-state index contributed by atoms with van der Waals surface area (Å²) < 4.78 is 10.6. The number of Topliss-reactive ketones (excluding diaryl/α,β-unsaturated/α-hetero) is 1. The fraction of sp³-hybridized carbons (Fsp3) is 0.464. The third kappa shape index (κ3) is 8.01. The summed E-state index contributed by atoms with van der Waals surface area (Å²) in [6.45, 7) is 4.85. The maximum Gasteiger partial charge on any atom is 0.408 e. The molecule has 2 aromatic carbocycles. The number of rotatable bonds is 8. The predicted molar refractivity (Wildman–Crippen MR) is 131 cm³/mol. The van der Waals surface area contributed by atoms with Gasteiger partial charge in [-0.1, -0.05) is 73.9 Å². The summed E-state index contributed by atoms with van der Waals surface area (Å²) >= 11 is 0. The number of hydrogen-bond donors (Lipinski definition) is 1. The van der Waals surface area contributed by atoms with Crippen molar-refractivity contribution in [1.29, 1.82) is 0 Å². The molecule has 34 heavy (non-hydrogen) atoms. The second-order valence-electron chi connectivity index (χ2n) is 9.88. The Kier molecular flexibility index (Phi) is 8.85. The van der Waals surface area contributed by atoms with Gasteiger partial charge in [-0.25, -0.2) is 9.59 Å². The van der Waals surface area contributed by atoms with Crippen molar-refractivity contribution < 1.29 is 23.9 Å². The number of hydrogen-bond acceptors (Lipinski definition) is 5. The summed E-state index contributed by atoms with van der Waals surface area (Å²) in [5.41, 5.74) is 1.92. The number of esters is 1. The molecule has 0 aliphatic heterocycles. The van der Waals surface area contributed by atoms with Gasteiger partial charge in [0.05, 0.1) is 0 Å². The van der Waals surface area contributed by atoms with Crippen LogP contribution in [0.15, 0.2) is 54.6 Å². The Morgan fingerprint density at radius 1 is 0.941 bits per heavy atom. The van der Waals surface area contributed by atoms with E-state index >= 15 is 0 Å². The number of ether oxygens (including phenoxy) is 2. The fourth-order valence-corrected chi connectivity index (χ4v) is 4.19. The molecule has 1 N–H and O–H groups in total. The van der Waals surface area contributed by atoms with Crippen molar-refractivity contribution in [2.45, 2.75) is 76.9 Å². The van der Waals surface area contributed by atoms with E-state index in [1.807, 2.05) is 42.5 Å². The van der Waals surface area contributed by atoms with Crippen molar-refractivity contribution in [3.63, 3.8) is 0 Å². The predicted octanol–water partition coefficient (Wildman–Crippen LogP) is 5.60. The van der Waals surface area contributed by atoms with Gasteiger partial charge < -0.3 is 14.8 Å². The Labute approximate surface area is 202 Å². The largest absolute Gasteiger partial charge is 0.456 e. The zero-order valence-corrected chi connectivity index (χ0v) is 20.3. The van der Waals surface area contributed by atoms with Gasteiger partial charge in [-0.15, -0.1) is 0 Å². The van der Waals surface area contributed by atoms with Crippen LogP contribution in [0.3, 0.4) is 0 Å². The number of amides is 1. The standard InChI is InChI=1S/C28H35NO5/c1-28(2,3)34-27(32)29-24(18-20-10-6-4-7-11-20)26(31)33-19-25(30)23-16-14-22(15-17-23)21-12-8-5-9-13-21/h4,6-7,10-11,14-17,21,24H,5,8-9,12-13,18-19H2,1-3H3,(H,29,32)/t24-/m0/s1. The van der Waals surface area contributed by atoms with Gasteiger partial charge in [0.1, 0.15) is 11.6 Å². The fourth-order valence-electron chi connectivity index (χ4n) is 4.19. The molecular weight excluding hydrogens is 430 g/mol. The van der Waals surface area contributed by atoms with Crippen LogP contribution in [-0.2, 0) is 20.7 Å². The number of alkyl carbamates (subject to hydrolysis) is 1. The second-order valence-corrected chi connectivity index (χ2v) is 9.88. The Morgan fingerprint density at radius 3 is 2.21 bits per heavy atom. The molecule has 0 spiro atoms. The Morgan fingerprint density at radius 2 is 1.59 bits per heavy atom. The average molecular weight is 466 g/mol. The molecule has 0 saturated heterocycles. The molecule has 1 aliphatic rings. The topological polar surface area (TPSA) is 81.7 Å². The lowest BCUT2D eigenvalue weighted by Crippen LogP contribution is -2.45. The molecular formula is C28H35NO5. The molecule has 0 aromatic heterocycles. The Balaban J connectivity index is 1.59. The minimum absolute atomic E-state index is 0.225. The maximum atomic E-state index is 12.8. The highest BCUT2D eigenvalue weighted by Crippen LogP contribution is 2.32. The minimum atomic E-state index is -0.973. The maximum absolute atomic E-state index is 12.8. The monoisotopic (exact) mass is 465 g/mol. The van der Waals surface area contributed by atoms with Crippen molar-refractivity contribution in [1.82, 2.24) is 5.32 Å². The summed E-state index contributed by atoms with van der Waals surface area (Å²) in [4.78, 5) is 37.7. The molecule has 3 rings (SSSR count). The van der Waals surface area contributed by atoms with E-state index in [4.69, 9.17) is 9.47 Å². The molecule has 1 amide bonds. The van der Waals surface area contributed by atoms with Gasteiger partial charge in [0.2, 0.25) is 0 Å². The van der Waals surface area contributed by atoms with E-state index in [0.29, 0.717) is 11.5 Å². The third-order valence-electron chi connectivity index (χ3n) is 5.91. The third-order valence-corrected chi connectivity index (χ3v) is 5.91. The van der Waals surface area contributed by atoms with Crippen molar-refractivity contribution in [3.8, 4) is 0 Å². The van der Waals surface area contributed by atoms with Crippen LogP contribution in [0.5, 0.6) is 0 Å². The normalized spacial score (nSPS) is 15.3. The zero-order chi connectivity index (χ0) is 24.6. The summed E-state index contributed by atoms with van der Waals surface area (Å²) in [6.07, 6.45) is 5.70. The Bertz CT molecular complexity index is 957.